The molecule has 1 aromatic carbocycles. The minimum atomic E-state index is 0.142. The van der Waals surface area contributed by atoms with Gasteiger partial charge >= 0.3 is 0 Å². The second-order valence-electron chi connectivity index (χ2n) is 3.53. The fraction of sp³-hybridized carbons (Fsp3) is 0.400. The van der Waals surface area contributed by atoms with Crippen LogP contribution < -0.4 is 11.5 Å². The molecule has 3 heteroatoms. The standard InChI is InChI=1S/C10H13ClN2/c11-8-5-4-6-7(10(8)13)2-1-3-9(6)12/h4-5,9H,1-3,12-13H2/t9-/m0/s1. The second kappa shape index (κ2) is 3.20. The average molecular weight is 197 g/mol. The van der Waals surface area contributed by atoms with Gasteiger partial charge in [-0.3, -0.25) is 0 Å². The molecule has 0 bridgehead atoms. The molecule has 0 amide bonds. The van der Waals surface area contributed by atoms with Gasteiger partial charge in [0.15, 0.2) is 0 Å². The van der Waals surface area contributed by atoms with Crippen molar-refractivity contribution in [1.82, 2.24) is 0 Å². The SMILES string of the molecule is Nc1c(Cl)ccc2c1CCC[C@@H]2N. The highest BCUT2D eigenvalue weighted by atomic mass is 35.5. The van der Waals surface area contributed by atoms with Crippen LogP contribution in [0, 0.1) is 0 Å². The van der Waals surface area contributed by atoms with Crippen molar-refractivity contribution in [3.8, 4) is 0 Å². The number of nitrogen functional groups attached to an aromatic ring is 1. The maximum atomic E-state index is 5.97. The van der Waals surface area contributed by atoms with E-state index < -0.39 is 0 Å². The lowest BCUT2D eigenvalue weighted by Gasteiger charge is -2.23. The molecule has 2 nitrogen and oxygen atoms in total. The quantitative estimate of drug-likeness (QED) is 0.626. The zero-order valence-corrected chi connectivity index (χ0v) is 8.14. The smallest absolute Gasteiger partial charge is 0.0638 e. The lowest BCUT2D eigenvalue weighted by atomic mass is 9.87. The predicted octanol–water partition coefficient (Wildman–Crippen LogP) is 2.26. The normalized spacial score (nSPS) is 21.2. The molecular formula is C10H13ClN2. The number of nitrogens with two attached hydrogens (primary N) is 2. The van der Waals surface area contributed by atoms with Gasteiger partial charge in [-0.05, 0) is 36.5 Å². The van der Waals surface area contributed by atoms with Gasteiger partial charge in [0.1, 0.15) is 0 Å². The monoisotopic (exact) mass is 196 g/mol. The van der Waals surface area contributed by atoms with Gasteiger partial charge in [-0.1, -0.05) is 17.7 Å². The summed E-state index contributed by atoms with van der Waals surface area (Å²) in [6.07, 6.45) is 3.17. The number of rotatable bonds is 0. The van der Waals surface area contributed by atoms with Crippen molar-refractivity contribution in [2.45, 2.75) is 25.3 Å². The molecule has 1 aromatic rings. The number of hydrogen-bond donors (Lipinski definition) is 2. The van der Waals surface area contributed by atoms with Crippen LogP contribution in [0.5, 0.6) is 0 Å². The summed E-state index contributed by atoms with van der Waals surface area (Å²) in [5.74, 6) is 0. The zero-order chi connectivity index (χ0) is 9.42. The van der Waals surface area contributed by atoms with Crippen molar-refractivity contribution in [2.24, 2.45) is 5.73 Å². The molecule has 0 heterocycles. The van der Waals surface area contributed by atoms with Crippen LogP contribution in [0.25, 0.3) is 0 Å². The first kappa shape index (κ1) is 8.85. The molecule has 4 N–H and O–H groups in total. The first-order chi connectivity index (χ1) is 6.20. The Balaban J connectivity index is 2.56. The number of fused-ring (bicyclic) bond motifs is 1. The molecule has 13 heavy (non-hydrogen) atoms. The fourth-order valence-electron chi connectivity index (χ4n) is 1.93. The van der Waals surface area contributed by atoms with E-state index in [0.29, 0.717) is 10.7 Å². The Morgan fingerprint density at radius 2 is 2.15 bits per heavy atom. The van der Waals surface area contributed by atoms with Gasteiger partial charge < -0.3 is 11.5 Å². The summed E-state index contributed by atoms with van der Waals surface area (Å²) >= 11 is 5.93. The molecule has 1 aliphatic rings. The number of benzene rings is 1. The van der Waals surface area contributed by atoms with E-state index in [2.05, 4.69) is 0 Å². The summed E-state index contributed by atoms with van der Waals surface area (Å²) < 4.78 is 0. The molecular weight excluding hydrogens is 184 g/mol. The average Bonchev–Trinajstić information content (AvgIpc) is 2.12. The zero-order valence-electron chi connectivity index (χ0n) is 7.39. The maximum Gasteiger partial charge on any atom is 0.0638 e. The van der Waals surface area contributed by atoms with Crippen LogP contribution in [0.4, 0.5) is 5.69 Å². The van der Waals surface area contributed by atoms with Gasteiger partial charge in [-0.15, -0.1) is 0 Å². The first-order valence-corrected chi connectivity index (χ1v) is 4.90. The minimum Gasteiger partial charge on any atom is -0.397 e. The van der Waals surface area contributed by atoms with E-state index in [-0.39, 0.29) is 6.04 Å². The molecule has 0 fully saturated rings. The Bertz CT molecular complexity index is 336. The molecule has 1 aliphatic carbocycles. The summed E-state index contributed by atoms with van der Waals surface area (Å²) in [6, 6.07) is 3.97. The topological polar surface area (TPSA) is 52.0 Å². The Hall–Kier alpha value is -0.730. The molecule has 70 valence electrons. The lowest BCUT2D eigenvalue weighted by molar-refractivity contribution is 0.571. The summed E-state index contributed by atoms with van der Waals surface area (Å²) in [7, 11) is 0. The third kappa shape index (κ3) is 1.40. The molecule has 1 atom stereocenters. The molecule has 0 aromatic heterocycles. The third-order valence-corrected chi connectivity index (χ3v) is 3.01. The summed E-state index contributed by atoms with van der Waals surface area (Å²) in [4.78, 5) is 0. The molecule has 2 rings (SSSR count). The van der Waals surface area contributed by atoms with E-state index in [1.807, 2.05) is 12.1 Å². The van der Waals surface area contributed by atoms with Gasteiger partial charge in [-0.25, -0.2) is 0 Å². The Morgan fingerprint density at radius 1 is 1.38 bits per heavy atom. The largest absolute Gasteiger partial charge is 0.397 e. The highest BCUT2D eigenvalue weighted by Gasteiger charge is 2.19. The molecule has 0 spiro atoms. The molecule has 0 radical (unpaired) electrons. The maximum absolute atomic E-state index is 5.97. The van der Waals surface area contributed by atoms with E-state index in [0.717, 1.165) is 24.8 Å². The lowest BCUT2D eigenvalue weighted by Crippen LogP contribution is -2.18. The van der Waals surface area contributed by atoms with Gasteiger partial charge in [0.05, 0.1) is 10.7 Å². The number of halogens is 1. The molecule has 0 unspecified atom stereocenters. The van der Waals surface area contributed by atoms with E-state index in [9.17, 15) is 0 Å². The van der Waals surface area contributed by atoms with Crippen LogP contribution in [-0.4, -0.2) is 0 Å². The van der Waals surface area contributed by atoms with E-state index in [1.54, 1.807) is 0 Å². The summed E-state index contributed by atoms with van der Waals surface area (Å²) in [5, 5.41) is 0.646. The Morgan fingerprint density at radius 3 is 2.92 bits per heavy atom. The highest BCUT2D eigenvalue weighted by Crippen LogP contribution is 2.35. The summed E-state index contributed by atoms with van der Waals surface area (Å²) in [5.41, 5.74) is 14.9. The van der Waals surface area contributed by atoms with E-state index >= 15 is 0 Å². The van der Waals surface area contributed by atoms with Crippen LogP contribution in [0.15, 0.2) is 12.1 Å². The van der Waals surface area contributed by atoms with Crippen molar-refractivity contribution in [1.29, 1.82) is 0 Å². The minimum absolute atomic E-state index is 0.142. The van der Waals surface area contributed by atoms with Gasteiger partial charge in [0, 0.05) is 6.04 Å². The van der Waals surface area contributed by atoms with Crippen molar-refractivity contribution in [3.63, 3.8) is 0 Å². The van der Waals surface area contributed by atoms with Crippen molar-refractivity contribution in [3.05, 3.63) is 28.3 Å². The van der Waals surface area contributed by atoms with Crippen LogP contribution >= 0.6 is 11.6 Å². The van der Waals surface area contributed by atoms with Crippen LogP contribution in [0.2, 0.25) is 5.02 Å². The Labute approximate surface area is 82.9 Å². The Kier molecular flexibility index (Phi) is 2.18. The van der Waals surface area contributed by atoms with Gasteiger partial charge in [0.25, 0.3) is 0 Å². The molecule has 0 aliphatic heterocycles. The van der Waals surface area contributed by atoms with Crippen molar-refractivity contribution >= 4 is 17.3 Å². The van der Waals surface area contributed by atoms with Crippen molar-refractivity contribution < 1.29 is 0 Å². The highest BCUT2D eigenvalue weighted by molar-refractivity contribution is 6.33. The number of anilines is 1. The third-order valence-electron chi connectivity index (χ3n) is 2.68. The predicted molar refractivity (Wildman–Crippen MR) is 55.7 cm³/mol. The van der Waals surface area contributed by atoms with E-state index in [4.69, 9.17) is 23.1 Å². The van der Waals surface area contributed by atoms with Crippen LogP contribution in [0.3, 0.4) is 0 Å². The second-order valence-corrected chi connectivity index (χ2v) is 3.93. The summed E-state index contributed by atoms with van der Waals surface area (Å²) in [6.45, 7) is 0. The van der Waals surface area contributed by atoms with Gasteiger partial charge in [-0.2, -0.15) is 0 Å². The van der Waals surface area contributed by atoms with Crippen molar-refractivity contribution in [2.75, 3.05) is 5.73 Å². The van der Waals surface area contributed by atoms with Crippen LogP contribution in [-0.2, 0) is 6.42 Å². The van der Waals surface area contributed by atoms with E-state index in [1.165, 1.54) is 5.56 Å². The molecule has 0 saturated carbocycles. The number of hydrogen-bond acceptors (Lipinski definition) is 2. The fourth-order valence-corrected chi connectivity index (χ4v) is 2.11. The first-order valence-electron chi connectivity index (χ1n) is 4.52. The van der Waals surface area contributed by atoms with Gasteiger partial charge in [0.2, 0.25) is 0 Å². The van der Waals surface area contributed by atoms with Crippen LogP contribution in [0.1, 0.15) is 30.0 Å². The molecule has 0 saturated heterocycles.